The Labute approximate surface area is 87.6 Å². The Balaban J connectivity index is 0.000000921. The highest BCUT2D eigenvalue weighted by Gasteiger charge is 2.31. The molecular weight excluding hydrogens is 205 g/mol. The Morgan fingerprint density at radius 1 is 1.07 bits per heavy atom. The predicted molar refractivity (Wildman–Crippen MR) is 52.5 cm³/mol. The average Bonchev–Trinajstić information content (AvgIpc) is 2.20. The molecule has 0 atom stereocenters. The highest BCUT2D eigenvalue weighted by Crippen LogP contribution is 2.28. The summed E-state index contributed by atoms with van der Waals surface area (Å²) in [5.41, 5.74) is -0.808. The maximum atomic E-state index is 12.0. The summed E-state index contributed by atoms with van der Waals surface area (Å²) in [7, 11) is 0. The largest absolute Gasteiger partial charge is 0.419 e. The van der Waals surface area contributed by atoms with Gasteiger partial charge in [-0.3, -0.25) is 0 Å². The highest BCUT2D eigenvalue weighted by molar-refractivity contribution is 5.10. The van der Waals surface area contributed by atoms with Gasteiger partial charge in [0, 0.05) is 18.3 Å². The van der Waals surface area contributed by atoms with Crippen molar-refractivity contribution in [1.29, 1.82) is 0 Å². The quantitative estimate of drug-likeness (QED) is 0.722. The first-order valence-electron chi connectivity index (χ1n) is 4.80. The van der Waals surface area contributed by atoms with Gasteiger partial charge in [-0.15, -0.1) is 0 Å². The molecule has 0 saturated carbocycles. The van der Waals surface area contributed by atoms with Crippen molar-refractivity contribution in [2.75, 3.05) is 0 Å². The van der Waals surface area contributed by atoms with Crippen molar-refractivity contribution in [3.8, 4) is 0 Å². The van der Waals surface area contributed by atoms with E-state index >= 15 is 0 Å². The molecule has 1 heterocycles. The second-order valence-electron chi connectivity index (χ2n) is 2.98. The van der Waals surface area contributed by atoms with Gasteiger partial charge in [-0.25, -0.2) is 9.97 Å². The van der Waals surface area contributed by atoms with Crippen LogP contribution in [-0.2, 0) is 6.18 Å². The van der Waals surface area contributed by atoms with Gasteiger partial charge in [0.2, 0.25) is 0 Å². The van der Waals surface area contributed by atoms with Crippen LogP contribution < -0.4 is 0 Å². The van der Waals surface area contributed by atoms with E-state index in [4.69, 9.17) is 0 Å². The zero-order valence-electron chi connectivity index (χ0n) is 9.26. The first kappa shape index (κ1) is 13.9. The maximum Gasteiger partial charge on any atom is 0.419 e. The minimum absolute atomic E-state index is 0.0438. The SMILES string of the molecule is CC.CC(C)c1ncc(C(F)(F)F)cn1. The van der Waals surface area contributed by atoms with E-state index in [1.165, 1.54) is 0 Å². The molecule has 86 valence electrons. The molecule has 0 amide bonds. The summed E-state index contributed by atoms with van der Waals surface area (Å²) >= 11 is 0. The third-order valence-corrected chi connectivity index (χ3v) is 1.52. The molecular formula is C10H15F3N2. The molecule has 0 aliphatic heterocycles. The maximum absolute atomic E-state index is 12.0. The topological polar surface area (TPSA) is 25.8 Å². The van der Waals surface area contributed by atoms with Crippen molar-refractivity contribution < 1.29 is 13.2 Å². The lowest BCUT2D eigenvalue weighted by atomic mass is 10.2. The number of halogens is 3. The van der Waals surface area contributed by atoms with Crippen LogP contribution in [0.3, 0.4) is 0 Å². The van der Waals surface area contributed by atoms with Gasteiger partial charge in [0.05, 0.1) is 5.56 Å². The zero-order valence-corrected chi connectivity index (χ0v) is 9.26. The van der Waals surface area contributed by atoms with Crippen LogP contribution in [0.15, 0.2) is 12.4 Å². The van der Waals surface area contributed by atoms with Gasteiger partial charge in [-0.05, 0) is 0 Å². The molecule has 0 unspecified atom stereocenters. The molecule has 0 saturated heterocycles. The molecule has 0 aliphatic carbocycles. The van der Waals surface area contributed by atoms with Gasteiger partial charge < -0.3 is 0 Å². The number of aromatic nitrogens is 2. The number of alkyl halides is 3. The number of hydrogen-bond acceptors (Lipinski definition) is 2. The summed E-state index contributed by atoms with van der Waals surface area (Å²) in [6, 6.07) is 0. The minimum Gasteiger partial charge on any atom is -0.240 e. The highest BCUT2D eigenvalue weighted by atomic mass is 19.4. The summed E-state index contributed by atoms with van der Waals surface area (Å²) < 4.78 is 36.1. The Kier molecular flexibility index (Phi) is 5.25. The molecule has 15 heavy (non-hydrogen) atoms. The Morgan fingerprint density at radius 3 is 1.73 bits per heavy atom. The van der Waals surface area contributed by atoms with Crippen molar-refractivity contribution >= 4 is 0 Å². The van der Waals surface area contributed by atoms with Gasteiger partial charge in [-0.1, -0.05) is 27.7 Å². The molecule has 1 aromatic heterocycles. The van der Waals surface area contributed by atoms with E-state index in [2.05, 4.69) is 9.97 Å². The van der Waals surface area contributed by atoms with Crippen LogP contribution in [0.4, 0.5) is 13.2 Å². The number of hydrogen-bond donors (Lipinski definition) is 0. The van der Waals surface area contributed by atoms with Crippen molar-refractivity contribution in [2.45, 2.75) is 39.8 Å². The van der Waals surface area contributed by atoms with E-state index < -0.39 is 11.7 Å². The van der Waals surface area contributed by atoms with E-state index in [1.54, 1.807) is 0 Å². The molecule has 5 heteroatoms. The standard InChI is InChI=1S/C8H9F3N2.C2H6/c1-5(2)7-12-3-6(4-13-7)8(9,10)11;1-2/h3-5H,1-2H3;1-2H3. The third-order valence-electron chi connectivity index (χ3n) is 1.52. The fourth-order valence-corrected chi connectivity index (χ4v) is 0.783. The Hall–Kier alpha value is -1.13. The molecule has 0 radical (unpaired) electrons. The van der Waals surface area contributed by atoms with E-state index in [9.17, 15) is 13.2 Å². The first-order valence-corrected chi connectivity index (χ1v) is 4.80. The fraction of sp³-hybridized carbons (Fsp3) is 0.600. The lowest BCUT2D eigenvalue weighted by Gasteiger charge is -2.07. The van der Waals surface area contributed by atoms with E-state index in [1.807, 2.05) is 27.7 Å². The monoisotopic (exact) mass is 220 g/mol. The van der Waals surface area contributed by atoms with Crippen molar-refractivity contribution in [3.63, 3.8) is 0 Å². The van der Waals surface area contributed by atoms with Crippen LogP contribution in [0, 0.1) is 0 Å². The smallest absolute Gasteiger partial charge is 0.240 e. The second-order valence-corrected chi connectivity index (χ2v) is 2.98. The molecule has 0 fully saturated rings. The summed E-state index contributed by atoms with van der Waals surface area (Å²) in [6.45, 7) is 7.64. The average molecular weight is 220 g/mol. The molecule has 0 spiro atoms. The van der Waals surface area contributed by atoms with Crippen molar-refractivity contribution in [3.05, 3.63) is 23.8 Å². The molecule has 0 aromatic carbocycles. The molecule has 0 aliphatic rings. The molecule has 0 bridgehead atoms. The molecule has 1 aromatic rings. The minimum atomic E-state index is -4.35. The van der Waals surface area contributed by atoms with E-state index in [0.29, 0.717) is 5.82 Å². The van der Waals surface area contributed by atoms with Crippen LogP contribution in [-0.4, -0.2) is 9.97 Å². The van der Waals surface area contributed by atoms with E-state index in [-0.39, 0.29) is 5.92 Å². The van der Waals surface area contributed by atoms with Gasteiger partial charge in [0.1, 0.15) is 5.82 Å². The van der Waals surface area contributed by atoms with Gasteiger partial charge in [0.15, 0.2) is 0 Å². The lowest BCUT2D eigenvalue weighted by Crippen LogP contribution is -2.08. The van der Waals surface area contributed by atoms with Crippen LogP contribution in [0.5, 0.6) is 0 Å². The summed E-state index contributed by atoms with van der Waals surface area (Å²) in [4.78, 5) is 7.23. The zero-order chi connectivity index (χ0) is 12.1. The van der Waals surface area contributed by atoms with Crippen LogP contribution in [0.25, 0.3) is 0 Å². The number of nitrogens with zero attached hydrogens (tertiary/aromatic N) is 2. The normalized spacial score (nSPS) is 10.9. The van der Waals surface area contributed by atoms with Crippen molar-refractivity contribution in [1.82, 2.24) is 9.97 Å². The first-order chi connectivity index (χ1) is 6.91. The molecule has 0 N–H and O–H groups in total. The molecule has 1 rings (SSSR count). The van der Waals surface area contributed by atoms with Crippen LogP contribution in [0.1, 0.15) is 45.0 Å². The van der Waals surface area contributed by atoms with E-state index in [0.717, 1.165) is 12.4 Å². The van der Waals surface area contributed by atoms with Gasteiger partial charge in [0.25, 0.3) is 0 Å². The molecule has 2 nitrogen and oxygen atoms in total. The van der Waals surface area contributed by atoms with Crippen molar-refractivity contribution in [2.24, 2.45) is 0 Å². The summed E-state index contributed by atoms with van der Waals surface area (Å²) in [6.07, 6.45) is -2.74. The van der Waals surface area contributed by atoms with Gasteiger partial charge in [-0.2, -0.15) is 13.2 Å². The third kappa shape index (κ3) is 4.27. The second kappa shape index (κ2) is 5.68. The predicted octanol–water partition coefficient (Wildman–Crippen LogP) is 3.65. The summed E-state index contributed by atoms with van der Waals surface area (Å²) in [5.74, 6) is 0.468. The van der Waals surface area contributed by atoms with Crippen LogP contribution >= 0.6 is 0 Å². The number of rotatable bonds is 1. The fourth-order valence-electron chi connectivity index (χ4n) is 0.783. The Bertz CT molecular complexity index is 278. The lowest BCUT2D eigenvalue weighted by molar-refractivity contribution is -0.138. The Morgan fingerprint density at radius 2 is 1.47 bits per heavy atom. The van der Waals surface area contributed by atoms with Crippen LogP contribution in [0.2, 0.25) is 0 Å². The summed E-state index contributed by atoms with van der Waals surface area (Å²) in [5, 5.41) is 0. The van der Waals surface area contributed by atoms with Gasteiger partial charge >= 0.3 is 6.18 Å².